The predicted octanol–water partition coefficient (Wildman–Crippen LogP) is 2.37. The van der Waals surface area contributed by atoms with Crippen molar-refractivity contribution in [2.45, 2.75) is 25.4 Å². The van der Waals surface area contributed by atoms with Crippen LogP contribution < -0.4 is 5.73 Å². The van der Waals surface area contributed by atoms with Crippen LogP contribution in [-0.2, 0) is 6.42 Å². The molecule has 0 aliphatic heterocycles. The first-order valence-electron chi connectivity index (χ1n) is 4.05. The average molecular weight is 187 g/mol. The predicted molar refractivity (Wildman–Crippen MR) is 51.2 cm³/mol. The van der Waals surface area contributed by atoms with Gasteiger partial charge < -0.3 is 5.73 Å². The van der Waals surface area contributed by atoms with Crippen molar-refractivity contribution in [1.82, 2.24) is 0 Å². The van der Waals surface area contributed by atoms with Crippen LogP contribution >= 0.6 is 11.3 Å². The van der Waals surface area contributed by atoms with Crippen molar-refractivity contribution in [3.8, 4) is 0 Å². The molecule has 0 radical (unpaired) electrons. The quantitative estimate of drug-likeness (QED) is 0.769. The molecule has 0 amide bonds. The molecule has 0 aliphatic carbocycles. The van der Waals surface area contributed by atoms with E-state index in [1.807, 2.05) is 17.5 Å². The largest absolute Gasteiger partial charge is 0.328 e. The molecule has 0 saturated heterocycles. The van der Waals surface area contributed by atoms with Crippen LogP contribution in [-0.4, -0.2) is 12.2 Å². The highest BCUT2D eigenvalue weighted by molar-refractivity contribution is 7.09. The molecule has 12 heavy (non-hydrogen) atoms. The summed E-state index contributed by atoms with van der Waals surface area (Å²) in [4.78, 5) is 1.23. The number of nitrogens with two attached hydrogens (primary N) is 1. The molecule has 1 nitrogen and oxygen atoms in total. The second-order valence-electron chi connectivity index (χ2n) is 3.20. The maximum Gasteiger partial charge on any atom is 0.120 e. The lowest BCUT2D eigenvalue weighted by Crippen LogP contribution is -2.29. The fourth-order valence-electron chi connectivity index (χ4n) is 0.941. The second kappa shape index (κ2) is 4.01. The Hall–Kier alpha value is -0.410. The van der Waals surface area contributed by atoms with Crippen LogP contribution in [0.1, 0.15) is 18.2 Å². The maximum atomic E-state index is 13.3. The van der Waals surface area contributed by atoms with Crippen LogP contribution in [0.15, 0.2) is 17.5 Å². The number of hydrogen-bond donors (Lipinski definition) is 1. The Morgan fingerprint density at radius 3 is 2.92 bits per heavy atom. The minimum atomic E-state index is -1.20. The molecular weight excluding hydrogens is 173 g/mol. The van der Waals surface area contributed by atoms with Gasteiger partial charge >= 0.3 is 0 Å². The molecule has 1 rings (SSSR count). The number of thiophene rings is 1. The summed E-state index contributed by atoms with van der Waals surface area (Å²) in [5.74, 6) is 0. The molecule has 0 bridgehead atoms. The molecule has 0 aliphatic rings. The molecule has 1 atom stereocenters. The maximum absolute atomic E-state index is 13.3. The van der Waals surface area contributed by atoms with Crippen molar-refractivity contribution in [3.63, 3.8) is 0 Å². The van der Waals surface area contributed by atoms with Gasteiger partial charge in [-0.15, -0.1) is 11.3 Å². The lowest BCUT2D eigenvalue weighted by Gasteiger charge is -2.16. The summed E-state index contributed by atoms with van der Waals surface area (Å²) in [5.41, 5.74) is 4.07. The van der Waals surface area contributed by atoms with E-state index in [0.717, 1.165) is 6.42 Å². The van der Waals surface area contributed by atoms with E-state index < -0.39 is 5.67 Å². The van der Waals surface area contributed by atoms with E-state index in [9.17, 15) is 4.39 Å². The van der Waals surface area contributed by atoms with Gasteiger partial charge in [-0.05, 0) is 31.2 Å². The Kier molecular flexibility index (Phi) is 3.23. The first-order chi connectivity index (χ1) is 5.64. The monoisotopic (exact) mass is 187 g/mol. The van der Waals surface area contributed by atoms with E-state index in [1.54, 1.807) is 18.3 Å². The van der Waals surface area contributed by atoms with Gasteiger partial charge in [-0.2, -0.15) is 0 Å². The Morgan fingerprint density at radius 2 is 2.42 bits per heavy atom. The lowest BCUT2D eigenvalue weighted by molar-refractivity contribution is 0.186. The van der Waals surface area contributed by atoms with Crippen LogP contribution in [0.3, 0.4) is 0 Å². The molecule has 0 spiro atoms. The highest BCUT2D eigenvalue weighted by atomic mass is 32.1. The fraction of sp³-hybridized carbons (Fsp3) is 0.556. The van der Waals surface area contributed by atoms with Crippen molar-refractivity contribution >= 4 is 11.3 Å². The van der Waals surface area contributed by atoms with E-state index in [0.29, 0.717) is 6.42 Å². The smallest absolute Gasteiger partial charge is 0.120 e. The summed E-state index contributed by atoms with van der Waals surface area (Å²) >= 11 is 1.67. The SMILES string of the molecule is CC(F)(CN)CCc1cccs1. The molecule has 0 saturated carbocycles. The standard InChI is InChI=1S/C9H14FNS/c1-9(10,7-11)5-4-8-3-2-6-12-8/h2-3,6H,4-5,7,11H2,1H3. The molecule has 0 fully saturated rings. The zero-order valence-electron chi connectivity index (χ0n) is 7.22. The second-order valence-corrected chi connectivity index (χ2v) is 4.23. The Bertz CT molecular complexity index is 218. The van der Waals surface area contributed by atoms with Gasteiger partial charge in [-0.25, -0.2) is 4.39 Å². The number of rotatable bonds is 4. The summed E-state index contributed by atoms with van der Waals surface area (Å²) in [6, 6.07) is 4.01. The van der Waals surface area contributed by atoms with Crippen molar-refractivity contribution in [2.24, 2.45) is 5.73 Å². The zero-order chi connectivity index (χ0) is 9.03. The number of hydrogen-bond acceptors (Lipinski definition) is 2. The van der Waals surface area contributed by atoms with Gasteiger partial charge in [0, 0.05) is 11.4 Å². The summed E-state index contributed by atoms with van der Waals surface area (Å²) in [6.45, 7) is 1.67. The lowest BCUT2D eigenvalue weighted by atomic mass is 10.0. The van der Waals surface area contributed by atoms with Gasteiger partial charge in [-0.3, -0.25) is 0 Å². The molecular formula is C9H14FNS. The summed E-state index contributed by atoms with van der Waals surface area (Å²) in [5, 5.41) is 2.01. The first-order valence-corrected chi connectivity index (χ1v) is 4.93. The Morgan fingerprint density at radius 1 is 1.67 bits per heavy atom. The molecule has 1 unspecified atom stereocenters. The number of alkyl halides is 1. The normalized spacial score (nSPS) is 15.9. The van der Waals surface area contributed by atoms with Crippen molar-refractivity contribution < 1.29 is 4.39 Å². The fourth-order valence-corrected chi connectivity index (χ4v) is 1.65. The van der Waals surface area contributed by atoms with E-state index in [4.69, 9.17) is 5.73 Å². The van der Waals surface area contributed by atoms with Gasteiger partial charge in [0.1, 0.15) is 5.67 Å². The summed E-state index contributed by atoms with van der Waals surface area (Å²) in [7, 11) is 0. The van der Waals surface area contributed by atoms with Crippen LogP contribution in [0, 0.1) is 0 Å². The van der Waals surface area contributed by atoms with Gasteiger partial charge in [0.2, 0.25) is 0 Å². The van der Waals surface area contributed by atoms with E-state index in [1.165, 1.54) is 4.88 Å². The van der Waals surface area contributed by atoms with Gasteiger partial charge in [0.05, 0.1) is 0 Å². The molecule has 0 aromatic carbocycles. The molecule has 2 N–H and O–H groups in total. The summed E-state index contributed by atoms with van der Waals surface area (Å²) in [6.07, 6.45) is 1.31. The topological polar surface area (TPSA) is 26.0 Å². The number of aryl methyl sites for hydroxylation is 1. The highest BCUT2D eigenvalue weighted by Crippen LogP contribution is 2.19. The minimum Gasteiger partial charge on any atom is -0.328 e. The molecule has 68 valence electrons. The van der Waals surface area contributed by atoms with E-state index in [2.05, 4.69) is 0 Å². The van der Waals surface area contributed by atoms with Crippen molar-refractivity contribution in [1.29, 1.82) is 0 Å². The van der Waals surface area contributed by atoms with Crippen LogP contribution in [0.2, 0.25) is 0 Å². The average Bonchev–Trinajstić information content (AvgIpc) is 2.53. The van der Waals surface area contributed by atoms with E-state index in [-0.39, 0.29) is 6.54 Å². The summed E-state index contributed by atoms with van der Waals surface area (Å²) < 4.78 is 13.3. The first kappa shape index (κ1) is 9.68. The van der Waals surface area contributed by atoms with Gasteiger partial charge in [-0.1, -0.05) is 6.07 Å². The number of halogens is 1. The molecule has 1 heterocycles. The molecule has 1 aromatic rings. The van der Waals surface area contributed by atoms with Crippen LogP contribution in [0.25, 0.3) is 0 Å². The Labute approximate surface area is 76.4 Å². The van der Waals surface area contributed by atoms with Gasteiger partial charge in [0.25, 0.3) is 0 Å². The zero-order valence-corrected chi connectivity index (χ0v) is 8.03. The third-order valence-electron chi connectivity index (χ3n) is 1.90. The molecule has 3 heteroatoms. The van der Waals surface area contributed by atoms with Crippen molar-refractivity contribution in [2.75, 3.05) is 6.54 Å². The van der Waals surface area contributed by atoms with Crippen molar-refractivity contribution in [3.05, 3.63) is 22.4 Å². The van der Waals surface area contributed by atoms with Crippen LogP contribution in [0.4, 0.5) is 4.39 Å². The third-order valence-corrected chi connectivity index (χ3v) is 2.83. The Balaban J connectivity index is 2.36. The molecule has 1 aromatic heterocycles. The van der Waals surface area contributed by atoms with E-state index >= 15 is 0 Å². The van der Waals surface area contributed by atoms with Gasteiger partial charge in [0.15, 0.2) is 0 Å². The minimum absolute atomic E-state index is 0.109. The van der Waals surface area contributed by atoms with Crippen LogP contribution in [0.5, 0.6) is 0 Å². The third kappa shape index (κ3) is 2.91. The highest BCUT2D eigenvalue weighted by Gasteiger charge is 2.20.